The van der Waals surface area contributed by atoms with Crippen LogP contribution in [-0.2, 0) is 9.53 Å². The molecule has 1 amide bonds. The Hall–Kier alpha value is -0.820. The molecule has 4 nitrogen and oxygen atoms in total. The number of halogens is 1. The van der Waals surface area contributed by atoms with Crippen LogP contribution in [0.3, 0.4) is 0 Å². The molecule has 20 heavy (non-hydrogen) atoms. The number of carbonyl (C=O) groups is 1. The lowest BCUT2D eigenvalue weighted by atomic mass is 10.2. The Kier molecular flexibility index (Phi) is 5.26. The number of rotatable bonds is 3. The zero-order valence-electron chi connectivity index (χ0n) is 12.1. The molecule has 0 aromatic heterocycles. The first-order chi connectivity index (χ1) is 9.45. The fourth-order valence-corrected chi connectivity index (χ4v) is 3.14. The van der Waals surface area contributed by atoms with Gasteiger partial charge >= 0.3 is 0 Å². The molecule has 1 aromatic rings. The van der Waals surface area contributed by atoms with E-state index in [4.69, 9.17) is 4.74 Å². The third-order valence-electron chi connectivity index (χ3n) is 3.39. The number of nitrogens with one attached hydrogen (secondary N) is 1. The lowest BCUT2D eigenvalue weighted by molar-refractivity contribution is -0.141. The number of nitrogens with zero attached hydrogens (tertiary/aromatic N) is 1. The Morgan fingerprint density at radius 2 is 2.05 bits per heavy atom. The molecule has 0 saturated carbocycles. The Balaban J connectivity index is 1.91. The van der Waals surface area contributed by atoms with Gasteiger partial charge in [-0.3, -0.25) is 4.79 Å². The molecule has 5 heteroatoms. The van der Waals surface area contributed by atoms with E-state index in [-0.39, 0.29) is 18.1 Å². The molecule has 2 rings (SSSR count). The van der Waals surface area contributed by atoms with Crippen molar-refractivity contribution >= 4 is 34.2 Å². The van der Waals surface area contributed by atoms with Crippen LogP contribution in [0.25, 0.3) is 0 Å². The van der Waals surface area contributed by atoms with Gasteiger partial charge in [-0.25, -0.2) is 0 Å². The van der Waals surface area contributed by atoms with Crippen molar-refractivity contribution < 1.29 is 9.53 Å². The largest absolute Gasteiger partial charge is 0.376 e. The van der Waals surface area contributed by atoms with Crippen molar-refractivity contribution in [1.29, 1.82) is 0 Å². The number of hydrogen-bond acceptors (Lipinski definition) is 3. The number of benzene rings is 1. The summed E-state index contributed by atoms with van der Waals surface area (Å²) in [5.41, 5.74) is 2.18. The highest BCUT2D eigenvalue weighted by atomic mass is 127. The molecule has 0 bridgehead atoms. The van der Waals surface area contributed by atoms with Crippen LogP contribution in [0.2, 0.25) is 0 Å². The molecule has 1 heterocycles. The van der Waals surface area contributed by atoms with Crippen LogP contribution >= 0.6 is 22.6 Å². The van der Waals surface area contributed by atoms with Crippen LogP contribution in [-0.4, -0.2) is 42.6 Å². The lowest BCUT2D eigenvalue weighted by Gasteiger charge is -2.35. The minimum absolute atomic E-state index is 0.114. The highest BCUT2D eigenvalue weighted by Crippen LogP contribution is 2.18. The number of anilines is 1. The van der Waals surface area contributed by atoms with Crippen LogP contribution in [0.1, 0.15) is 19.4 Å². The molecule has 0 radical (unpaired) electrons. The second-order valence-corrected chi connectivity index (χ2v) is 6.61. The molecule has 1 fully saturated rings. The van der Waals surface area contributed by atoms with Crippen LogP contribution in [0, 0.1) is 10.5 Å². The summed E-state index contributed by atoms with van der Waals surface area (Å²) < 4.78 is 6.85. The van der Waals surface area contributed by atoms with Crippen molar-refractivity contribution in [3.8, 4) is 0 Å². The van der Waals surface area contributed by atoms with Gasteiger partial charge in [0.2, 0.25) is 5.91 Å². The first kappa shape index (κ1) is 15.6. The molecule has 2 unspecified atom stereocenters. The predicted octanol–water partition coefficient (Wildman–Crippen LogP) is 2.65. The van der Waals surface area contributed by atoms with E-state index in [1.807, 2.05) is 37.8 Å². The Bertz CT molecular complexity index is 483. The number of aryl methyl sites for hydroxylation is 1. The second kappa shape index (κ2) is 6.76. The summed E-state index contributed by atoms with van der Waals surface area (Å²) in [4.78, 5) is 14.1. The van der Waals surface area contributed by atoms with E-state index in [1.165, 1.54) is 3.57 Å². The number of ether oxygens (including phenoxy) is 1. The molecule has 1 aliphatic rings. The Morgan fingerprint density at radius 3 is 2.65 bits per heavy atom. The topological polar surface area (TPSA) is 41.6 Å². The maximum atomic E-state index is 12.2. The van der Waals surface area contributed by atoms with E-state index in [2.05, 4.69) is 34.0 Å². The fraction of sp³-hybridized carbons (Fsp3) is 0.533. The molecule has 110 valence electrons. The maximum Gasteiger partial charge on any atom is 0.242 e. The van der Waals surface area contributed by atoms with Crippen molar-refractivity contribution in [2.24, 2.45) is 0 Å². The van der Waals surface area contributed by atoms with Gasteiger partial charge in [0.05, 0.1) is 18.8 Å². The maximum absolute atomic E-state index is 12.2. The number of carbonyl (C=O) groups excluding carboxylic acids is 1. The SMILES string of the molecule is Cc1cc(I)ccc1NCC(=O)N1CC(C)OC(C)C1. The van der Waals surface area contributed by atoms with Gasteiger partial charge in [-0.2, -0.15) is 0 Å². The number of hydrogen-bond donors (Lipinski definition) is 1. The van der Waals surface area contributed by atoms with Crippen molar-refractivity contribution in [3.05, 3.63) is 27.3 Å². The van der Waals surface area contributed by atoms with E-state index in [0.717, 1.165) is 11.3 Å². The van der Waals surface area contributed by atoms with Gasteiger partial charge in [-0.05, 0) is 67.1 Å². The Labute approximate surface area is 134 Å². The Morgan fingerprint density at radius 1 is 1.40 bits per heavy atom. The van der Waals surface area contributed by atoms with E-state index in [0.29, 0.717) is 19.6 Å². The molecule has 1 saturated heterocycles. The third kappa shape index (κ3) is 4.09. The second-order valence-electron chi connectivity index (χ2n) is 5.37. The molecule has 1 aromatic carbocycles. The average Bonchev–Trinajstić information content (AvgIpc) is 2.36. The summed E-state index contributed by atoms with van der Waals surface area (Å²) in [6.07, 6.45) is 0.227. The summed E-state index contributed by atoms with van der Waals surface area (Å²) in [5.74, 6) is 0.130. The normalized spacial score (nSPS) is 22.7. The summed E-state index contributed by atoms with van der Waals surface area (Å²) in [7, 11) is 0. The fourth-order valence-electron chi connectivity index (χ4n) is 2.49. The third-order valence-corrected chi connectivity index (χ3v) is 4.06. The molecular weight excluding hydrogens is 367 g/mol. The predicted molar refractivity (Wildman–Crippen MR) is 89.0 cm³/mol. The molecule has 1 aliphatic heterocycles. The zero-order valence-corrected chi connectivity index (χ0v) is 14.3. The standard InChI is InChI=1S/C15H21IN2O2/c1-10-6-13(16)4-5-14(10)17-7-15(19)18-8-11(2)20-12(3)9-18/h4-6,11-12,17H,7-9H2,1-3H3. The van der Waals surface area contributed by atoms with Gasteiger partial charge in [0.15, 0.2) is 0 Å². The van der Waals surface area contributed by atoms with E-state index in [1.54, 1.807) is 0 Å². The van der Waals surface area contributed by atoms with Gasteiger partial charge in [0, 0.05) is 22.3 Å². The average molecular weight is 388 g/mol. The summed E-state index contributed by atoms with van der Waals surface area (Å²) in [5, 5.41) is 3.23. The van der Waals surface area contributed by atoms with Gasteiger partial charge in [0.1, 0.15) is 0 Å². The minimum atomic E-state index is 0.114. The van der Waals surface area contributed by atoms with Gasteiger partial charge in [-0.1, -0.05) is 0 Å². The lowest BCUT2D eigenvalue weighted by Crippen LogP contribution is -2.49. The number of amides is 1. The van der Waals surface area contributed by atoms with Crippen LogP contribution in [0.5, 0.6) is 0 Å². The zero-order chi connectivity index (χ0) is 14.7. The van der Waals surface area contributed by atoms with Crippen molar-refractivity contribution in [3.63, 3.8) is 0 Å². The molecular formula is C15H21IN2O2. The monoisotopic (exact) mass is 388 g/mol. The highest BCUT2D eigenvalue weighted by molar-refractivity contribution is 14.1. The highest BCUT2D eigenvalue weighted by Gasteiger charge is 2.25. The molecule has 0 spiro atoms. The van der Waals surface area contributed by atoms with Crippen LogP contribution in [0.4, 0.5) is 5.69 Å². The van der Waals surface area contributed by atoms with Crippen LogP contribution < -0.4 is 5.32 Å². The minimum Gasteiger partial charge on any atom is -0.376 e. The number of morpholine rings is 1. The molecule has 0 aliphatic carbocycles. The van der Waals surface area contributed by atoms with E-state index < -0.39 is 0 Å². The first-order valence-electron chi connectivity index (χ1n) is 6.89. The van der Waals surface area contributed by atoms with Crippen molar-refractivity contribution in [2.75, 3.05) is 25.0 Å². The first-order valence-corrected chi connectivity index (χ1v) is 7.97. The molecule has 1 N–H and O–H groups in total. The van der Waals surface area contributed by atoms with Crippen molar-refractivity contribution in [2.45, 2.75) is 33.0 Å². The quantitative estimate of drug-likeness (QED) is 0.810. The van der Waals surface area contributed by atoms with Crippen LogP contribution in [0.15, 0.2) is 18.2 Å². The summed E-state index contributed by atoms with van der Waals surface area (Å²) in [6.45, 7) is 7.75. The molecule has 2 atom stereocenters. The van der Waals surface area contributed by atoms with Gasteiger partial charge in [-0.15, -0.1) is 0 Å². The van der Waals surface area contributed by atoms with E-state index >= 15 is 0 Å². The van der Waals surface area contributed by atoms with E-state index in [9.17, 15) is 4.79 Å². The van der Waals surface area contributed by atoms with Crippen molar-refractivity contribution in [1.82, 2.24) is 4.90 Å². The summed E-state index contributed by atoms with van der Waals surface area (Å²) >= 11 is 2.29. The van der Waals surface area contributed by atoms with Gasteiger partial charge in [0.25, 0.3) is 0 Å². The summed E-state index contributed by atoms with van der Waals surface area (Å²) in [6, 6.07) is 6.17. The smallest absolute Gasteiger partial charge is 0.242 e. The van der Waals surface area contributed by atoms with Gasteiger partial charge < -0.3 is 15.0 Å².